The number of fused-ring (bicyclic) bond motifs is 8. The van der Waals surface area contributed by atoms with Gasteiger partial charge < -0.3 is 4.74 Å². The molecule has 3 aliphatic carbocycles. The molecule has 0 saturated carbocycles. The van der Waals surface area contributed by atoms with Gasteiger partial charge in [-0.1, -0.05) is 88.4 Å². The zero-order valence-electron chi connectivity index (χ0n) is 21.8. The van der Waals surface area contributed by atoms with Crippen molar-refractivity contribution in [2.75, 3.05) is 0 Å². The van der Waals surface area contributed by atoms with Crippen molar-refractivity contribution >= 4 is 33.5 Å². The predicted octanol–water partition coefficient (Wildman–Crippen LogP) is 7.10. The number of esters is 2. The zero-order chi connectivity index (χ0) is 25.5. The first-order valence-electron chi connectivity index (χ1n) is 13.9. The van der Waals surface area contributed by atoms with E-state index < -0.39 is 10.8 Å². The summed E-state index contributed by atoms with van der Waals surface area (Å²) in [6.45, 7) is 8.72. The monoisotopic (exact) mass is 486 g/mol. The minimum absolute atomic E-state index is 0.189. The summed E-state index contributed by atoms with van der Waals surface area (Å²) >= 11 is 0. The van der Waals surface area contributed by atoms with Crippen LogP contribution in [0.5, 0.6) is 0 Å². The summed E-state index contributed by atoms with van der Waals surface area (Å²) in [5.74, 6) is -0.753. The molecule has 37 heavy (non-hydrogen) atoms. The lowest BCUT2D eigenvalue weighted by molar-refractivity contribution is -0.154. The molecule has 8 rings (SSSR count). The fourth-order valence-corrected chi connectivity index (χ4v) is 10.1. The highest BCUT2D eigenvalue weighted by atomic mass is 16.6. The van der Waals surface area contributed by atoms with E-state index in [1.807, 2.05) is 13.8 Å². The van der Waals surface area contributed by atoms with Gasteiger partial charge in [0.15, 0.2) is 0 Å². The molecule has 0 aromatic heterocycles. The fraction of sp³-hybridized carbons (Fsp3) is 0.353. The average molecular weight is 487 g/mol. The number of carbonyl (C=O) groups is 2. The van der Waals surface area contributed by atoms with Crippen LogP contribution in [-0.4, -0.2) is 11.9 Å². The summed E-state index contributed by atoms with van der Waals surface area (Å²) in [5.41, 5.74) is 5.25. The Morgan fingerprint density at radius 3 is 1.22 bits per heavy atom. The minimum Gasteiger partial charge on any atom is -0.392 e. The van der Waals surface area contributed by atoms with Crippen LogP contribution in [0, 0.1) is 0 Å². The molecule has 4 atom stereocenters. The van der Waals surface area contributed by atoms with E-state index >= 15 is 0 Å². The molecule has 0 spiro atoms. The number of hydrogen-bond acceptors (Lipinski definition) is 3. The lowest BCUT2D eigenvalue weighted by atomic mass is 9.57. The van der Waals surface area contributed by atoms with E-state index in [4.69, 9.17) is 4.74 Å². The summed E-state index contributed by atoms with van der Waals surface area (Å²) in [5, 5.41) is 5.13. The number of cyclic esters (lactones) is 2. The molecule has 4 aromatic carbocycles. The smallest absolute Gasteiger partial charge is 0.325 e. The maximum Gasteiger partial charge on any atom is 0.325 e. The molecular formula is C34H30O3. The molecule has 3 heteroatoms. The Kier molecular flexibility index (Phi) is 3.69. The molecule has 0 N–H and O–H groups in total. The van der Waals surface area contributed by atoms with Crippen molar-refractivity contribution in [2.24, 2.45) is 0 Å². The minimum atomic E-state index is -0.952. The summed E-state index contributed by atoms with van der Waals surface area (Å²) in [7, 11) is 0. The number of carbonyl (C=O) groups excluding carboxylic acids is 2. The second-order valence-corrected chi connectivity index (χ2v) is 11.5. The Morgan fingerprint density at radius 1 is 0.486 bits per heavy atom. The number of rotatable bonds is 4. The Bertz CT molecular complexity index is 1650. The van der Waals surface area contributed by atoms with Gasteiger partial charge >= 0.3 is 11.9 Å². The quantitative estimate of drug-likeness (QED) is 0.228. The SMILES string of the molecule is CCC12C(=O)OC(=O)C1(CC)c1ccc3c4c(ccc2c14)C1(CC)c2cccc4cccc(c24)C31CC. The first-order valence-corrected chi connectivity index (χ1v) is 13.9. The van der Waals surface area contributed by atoms with Crippen LogP contribution in [0.3, 0.4) is 0 Å². The second kappa shape index (κ2) is 6.32. The van der Waals surface area contributed by atoms with E-state index in [0.29, 0.717) is 12.8 Å². The van der Waals surface area contributed by atoms with E-state index in [9.17, 15) is 9.59 Å². The number of ether oxygens (including phenoxy) is 1. The van der Waals surface area contributed by atoms with Crippen LogP contribution in [0.2, 0.25) is 0 Å². The van der Waals surface area contributed by atoms with E-state index in [1.54, 1.807) is 0 Å². The molecule has 1 aliphatic heterocycles. The maximum atomic E-state index is 13.6. The van der Waals surface area contributed by atoms with E-state index in [1.165, 1.54) is 38.4 Å². The average Bonchev–Trinajstić information content (AvgIpc) is 3.52. The lowest BCUT2D eigenvalue weighted by Gasteiger charge is -2.43. The summed E-state index contributed by atoms with van der Waals surface area (Å²) in [6, 6.07) is 22.5. The van der Waals surface area contributed by atoms with Crippen LogP contribution < -0.4 is 0 Å². The molecule has 0 amide bonds. The van der Waals surface area contributed by atoms with Crippen LogP contribution in [-0.2, 0) is 36.0 Å². The van der Waals surface area contributed by atoms with Crippen molar-refractivity contribution in [1.29, 1.82) is 0 Å². The Balaban J connectivity index is 1.60. The lowest BCUT2D eigenvalue weighted by Crippen LogP contribution is -2.48. The molecule has 1 heterocycles. The van der Waals surface area contributed by atoms with Gasteiger partial charge in [-0.15, -0.1) is 0 Å². The van der Waals surface area contributed by atoms with Crippen LogP contribution in [0.4, 0.5) is 0 Å². The number of benzene rings is 4. The normalized spacial score (nSPS) is 31.9. The standard InChI is InChI=1S/C34H30O3/c1-5-31-20-13-9-11-19-12-10-14-21(26(19)20)32(31,6-2)23-16-18-25-28-24(17-15-22(31)27(23)28)33(7-3)29(35)37-30(36)34(25,33)8-4/h9-18H,5-8H2,1-4H3. The third-order valence-corrected chi connectivity index (χ3v) is 11.3. The van der Waals surface area contributed by atoms with E-state index in [2.05, 4.69) is 74.5 Å². The number of hydrogen-bond donors (Lipinski definition) is 0. The van der Waals surface area contributed by atoms with Crippen molar-refractivity contribution in [2.45, 2.75) is 75.0 Å². The third kappa shape index (κ3) is 1.73. The highest BCUT2D eigenvalue weighted by Gasteiger charge is 2.73. The zero-order valence-corrected chi connectivity index (χ0v) is 21.8. The molecule has 1 fully saturated rings. The van der Waals surface area contributed by atoms with Gasteiger partial charge in [0, 0.05) is 10.8 Å². The Labute approximate surface area is 216 Å². The molecule has 4 aromatic rings. The van der Waals surface area contributed by atoms with E-state index in [-0.39, 0.29) is 22.8 Å². The summed E-state index contributed by atoms with van der Waals surface area (Å²) in [4.78, 5) is 27.1. The van der Waals surface area contributed by atoms with Crippen LogP contribution in [0.25, 0.3) is 21.5 Å². The third-order valence-electron chi connectivity index (χ3n) is 11.3. The predicted molar refractivity (Wildman–Crippen MR) is 145 cm³/mol. The summed E-state index contributed by atoms with van der Waals surface area (Å²) < 4.78 is 5.44. The van der Waals surface area contributed by atoms with Crippen molar-refractivity contribution in [3.63, 3.8) is 0 Å². The van der Waals surface area contributed by atoms with Gasteiger partial charge in [-0.05, 0) is 80.6 Å². The van der Waals surface area contributed by atoms with Crippen molar-refractivity contribution in [3.05, 3.63) is 94.0 Å². The molecule has 3 nitrogen and oxygen atoms in total. The van der Waals surface area contributed by atoms with Gasteiger partial charge in [-0.2, -0.15) is 0 Å². The highest BCUT2D eigenvalue weighted by molar-refractivity contribution is 6.18. The van der Waals surface area contributed by atoms with Gasteiger partial charge in [0.05, 0.1) is 0 Å². The molecule has 4 aliphatic rings. The molecule has 0 bridgehead atoms. The molecular weight excluding hydrogens is 456 g/mol. The topological polar surface area (TPSA) is 43.4 Å². The van der Waals surface area contributed by atoms with Crippen LogP contribution >= 0.6 is 0 Å². The van der Waals surface area contributed by atoms with Gasteiger partial charge in [-0.3, -0.25) is 9.59 Å². The van der Waals surface area contributed by atoms with E-state index in [0.717, 1.165) is 29.4 Å². The molecule has 1 saturated heterocycles. The largest absolute Gasteiger partial charge is 0.392 e. The Hall–Kier alpha value is -3.46. The van der Waals surface area contributed by atoms with Gasteiger partial charge in [0.1, 0.15) is 10.8 Å². The van der Waals surface area contributed by atoms with Gasteiger partial charge in [0.2, 0.25) is 0 Å². The van der Waals surface area contributed by atoms with Crippen molar-refractivity contribution in [3.8, 4) is 0 Å². The van der Waals surface area contributed by atoms with Gasteiger partial charge in [0.25, 0.3) is 0 Å². The fourth-order valence-electron chi connectivity index (χ4n) is 10.1. The second-order valence-electron chi connectivity index (χ2n) is 11.5. The van der Waals surface area contributed by atoms with Crippen LogP contribution in [0.1, 0.15) is 86.8 Å². The molecule has 4 unspecified atom stereocenters. The first-order chi connectivity index (χ1) is 18.0. The molecule has 0 radical (unpaired) electrons. The summed E-state index contributed by atoms with van der Waals surface area (Å²) in [6.07, 6.45) is 3.05. The van der Waals surface area contributed by atoms with Crippen molar-refractivity contribution < 1.29 is 14.3 Å². The highest BCUT2D eigenvalue weighted by Crippen LogP contribution is 2.72. The van der Waals surface area contributed by atoms with Crippen molar-refractivity contribution in [1.82, 2.24) is 0 Å². The molecule has 184 valence electrons. The van der Waals surface area contributed by atoms with Gasteiger partial charge in [-0.25, -0.2) is 0 Å². The first kappa shape index (κ1) is 21.6. The Morgan fingerprint density at radius 2 is 0.838 bits per heavy atom. The maximum absolute atomic E-state index is 13.6. The van der Waals surface area contributed by atoms with Crippen LogP contribution in [0.15, 0.2) is 60.7 Å².